The first-order chi connectivity index (χ1) is 17.3. The van der Waals surface area contributed by atoms with Gasteiger partial charge in [0.15, 0.2) is 12.0 Å². The van der Waals surface area contributed by atoms with Crippen LogP contribution in [0.2, 0.25) is 0 Å². The Bertz CT molecular complexity index is 1870. The monoisotopic (exact) mass is 483 g/mol. The van der Waals surface area contributed by atoms with Crippen molar-refractivity contribution in [2.45, 2.75) is 37.1 Å². The summed E-state index contributed by atoms with van der Waals surface area (Å²) < 4.78 is 15.6. The molecule has 0 aliphatic carbocycles. The zero-order valence-electron chi connectivity index (χ0n) is 19.4. The van der Waals surface area contributed by atoms with Crippen LogP contribution in [0, 0.1) is 0 Å². The number of carbonyl (C=O) groups is 2. The largest absolute Gasteiger partial charge is 0.467 e. The zero-order valence-corrected chi connectivity index (χ0v) is 19.4. The summed E-state index contributed by atoms with van der Waals surface area (Å²) >= 11 is 0. The van der Waals surface area contributed by atoms with Crippen molar-refractivity contribution in [3.05, 3.63) is 59.7 Å². The Kier molecular flexibility index (Phi) is 3.42. The number of aromatic nitrogens is 2. The third-order valence-electron chi connectivity index (χ3n) is 8.41. The van der Waals surface area contributed by atoms with Gasteiger partial charge >= 0.3 is 5.97 Å². The summed E-state index contributed by atoms with van der Waals surface area (Å²) in [5.41, 5.74) is 0.359. The Labute approximate surface area is 203 Å². The number of amides is 1. The van der Waals surface area contributed by atoms with Gasteiger partial charge in [0.05, 0.1) is 34.7 Å². The molecule has 180 valence electrons. The van der Waals surface area contributed by atoms with E-state index in [1.54, 1.807) is 6.92 Å². The zero-order chi connectivity index (χ0) is 24.7. The molecule has 2 aromatic heterocycles. The van der Waals surface area contributed by atoms with Crippen molar-refractivity contribution in [2.75, 3.05) is 7.11 Å². The van der Waals surface area contributed by atoms with E-state index in [4.69, 9.17) is 9.47 Å². The van der Waals surface area contributed by atoms with Crippen LogP contribution in [0.25, 0.3) is 43.6 Å². The van der Waals surface area contributed by atoms with Gasteiger partial charge < -0.3 is 34.1 Å². The lowest BCUT2D eigenvalue weighted by Gasteiger charge is -2.37. The molecule has 9 nitrogen and oxygen atoms in total. The molecule has 3 N–H and O–H groups in total. The van der Waals surface area contributed by atoms with Gasteiger partial charge in [-0.15, -0.1) is 0 Å². The fourth-order valence-electron chi connectivity index (χ4n) is 6.94. The molecule has 3 aliphatic rings. The van der Waals surface area contributed by atoms with E-state index in [2.05, 4.69) is 5.32 Å². The quantitative estimate of drug-likeness (QED) is 0.316. The highest BCUT2D eigenvalue weighted by Gasteiger charge is 2.66. The minimum absolute atomic E-state index is 0.0384. The van der Waals surface area contributed by atoms with E-state index in [9.17, 15) is 19.8 Å². The summed E-state index contributed by atoms with van der Waals surface area (Å²) in [6.45, 7) is 1.70. The number of para-hydroxylation sites is 2. The third-order valence-corrected chi connectivity index (χ3v) is 8.41. The number of ether oxygens (including phenoxy) is 2. The van der Waals surface area contributed by atoms with Gasteiger partial charge in [-0.25, -0.2) is 4.79 Å². The number of hydrogen-bond donors (Lipinski definition) is 3. The van der Waals surface area contributed by atoms with Crippen LogP contribution in [-0.4, -0.2) is 43.9 Å². The molecule has 2 unspecified atom stereocenters. The van der Waals surface area contributed by atoms with Crippen LogP contribution in [0.5, 0.6) is 0 Å². The van der Waals surface area contributed by atoms with Crippen molar-refractivity contribution in [1.82, 2.24) is 14.5 Å². The van der Waals surface area contributed by atoms with Crippen LogP contribution in [0.4, 0.5) is 0 Å². The standard InChI is InChI=1S/C27H21N3O6/c1-26-27(34,25(33)35-2)11-16(36-26)29-14-9-5-3-7-12(14)17-19-20(24(32)28-23(19)31)18-13-8-4-6-10-15(13)30(26)22(18)21(17)29/h3-10,16,24,32,34H,11H2,1-2H3,(H,28,31)/t16-,24?,26+,27?/m1/s1. The van der Waals surface area contributed by atoms with Crippen LogP contribution in [0.3, 0.4) is 0 Å². The molecule has 0 radical (unpaired) electrons. The molecule has 9 heteroatoms. The van der Waals surface area contributed by atoms with Crippen LogP contribution in [0.1, 0.15) is 41.7 Å². The lowest BCUT2D eigenvalue weighted by Crippen LogP contribution is -2.56. The normalized spacial score (nSPS) is 28.4. The fraction of sp³-hybridized carbons (Fsp3) is 0.259. The molecule has 2 bridgehead atoms. The minimum atomic E-state index is -2.00. The van der Waals surface area contributed by atoms with Gasteiger partial charge in [-0.05, 0) is 19.1 Å². The predicted octanol–water partition coefficient (Wildman–Crippen LogP) is 3.15. The molecule has 1 amide bonds. The Hall–Kier alpha value is -3.92. The number of nitrogens with one attached hydrogen (secondary N) is 1. The number of benzene rings is 3. The Morgan fingerprint density at radius 1 is 1.08 bits per heavy atom. The van der Waals surface area contributed by atoms with E-state index >= 15 is 0 Å². The first-order valence-corrected chi connectivity index (χ1v) is 11.8. The molecule has 0 spiro atoms. The van der Waals surface area contributed by atoms with Gasteiger partial charge in [0.2, 0.25) is 5.60 Å². The highest BCUT2D eigenvalue weighted by atomic mass is 16.6. The minimum Gasteiger partial charge on any atom is -0.467 e. The van der Waals surface area contributed by atoms with Gasteiger partial charge in [0.1, 0.15) is 6.23 Å². The summed E-state index contributed by atoms with van der Waals surface area (Å²) in [5, 5.41) is 28.7. The summed E-state index contributed by atoms with van der Waals surface area (Å²) in [6.07, 6.45) is -1.95. The van der Waals surface area contributed by atoms with Gasteiger partial charge in [-0.1, -0.05) is 36.4 Å². The second kappa shape index (κ2) is 6.07. The highest BCUT2D eigenvalue weighted by Crippen LogP contribution is 2.58. The van der Waals surface area contributed by atoms with Crippen molar-refractivity contribution in [1.29, 1.82) is 0 Å². The lowest BCUT2D eigenvalue weighted by molar-refractivity contribution is -0.202. The number of aliphatic hydroxyl groups is 2. The van der Waals surface area contributed by atoms with E-state index in [1.165, 1.54) is 7.11 Å². The third kappa shape index (κ3) is 1.92. The Morgan fingerprint density at radius 2 is 1.75 bits per heavy atom. The Morgan fingerprint density at radius 3 is 2.47 bits per heavy atom. The number of hydrogen-bond acceptors (Lipinski definition) is 6. The van der Waals surface area contributed by atoms with Crippen molar-refractivity contribution in [3.63, 3.8) is 0 Å². The summed E-state index contributed by atoms with van der Waals surface area (Å²) in [6, 6.07) is 15.2. The predicted molar refractivity (Wildman–Crippen MR) is 130 cm³/mol. The second-order valence-corrected chi connectivity index (χ2v) is 9.96. The molecule has 8 rings (SSSR count). The first kappa shape index (κ1) is 20.3. The van der Waals surface area contributed by atoms with Gasteiger partial charge in [-0.2, -0.15) is 0 Å². The molecule has 4 atom stereocenters. The van der Waals surface area contributed by atoms with E-state index < -0.39 is 29.8 Å². The van der Waals surface area contributed by atoms with Gasteiger partial charge in [0, 0.05) is 33.5 Å². The SMILES string of the molecule is COC(=O)C1(O)C[C@H]2O[C@]1(C)n1c3ccccc3c3c4c(c5c6ccccc6n2c5c31)C(=O)NC4O. The molecule has 5 aromatic rings. The maximum Gasteiger partial charge on any atom is 0.343 e. The number of esters is 1. The van der Waals surface area contributed by atoms with Crippen LogP contribution >= 0.6 is 0 Å². The Balaban J connectivity index is 1.74. The van der Waals surface area contributed by atoms with Gasteiger partial charge in [-0.3, -0.25) is 4.79 Å². The number of methoxy groups -OCH3 is 1. The number of aliphatic hydroxyl groups excluding tert-OH is 1. The van der Waals surface area contributed by atoms with E-state index in [0.717, 1.165) is 21.8 Å². The average Bonchev–Trinajstić information content (AvgIpc) is 3.54. The lowest BCUT2D eigenvalue weighted by atomic mass is 9.88. The maximum absolute atomic E-state index is 13.3. The molecule has 3 aromatic carbocycles. The topological polar surface area (TPSA) is 115 Å². The molecule has 0 saturated carbocycles. The van der Waals surface area contributed by atoms with Crippen molar-refractivity contribution in [2.24, 2.45) is 0 Å². The number of nitrogens with zero attached hydrogens (tertiary/aromatic N) is 2. The molecule has 1 saturated heterocycles. The summed E-state index contributed by atoms with van der Waals surface area (Å²) in [4.78, 5) is 26.4. The maximum atomic E-state index is 13.3. The molecule has 3 aliphatic heterocycles. The second-order valence-electron chi connectivity index (χ2n) is 9.96. The highest BCUT2D eigenvalue weighted by molar-refractivity contribution is 6.31. The van der Waals surface area contributed by atoms with Crippen molar-refractivity contribution < 1.29 is 29.3 Å². The van der Waals surface area contributed by atoms with E-state index in [-0.39, 0.29) is 12.3 Å². The number of fused-ring (bicyclic) bond motifs is 13. The molecule has 5 heterocycles. The molecule has 1 fully saturated rings. The molecular weight excluding hydrogens is 462 g/mol. The molecular formula is C27H21N3O6. The average molecular weight is 483 g/mol. The molecule has 36 heavy (non-hydrogen) atoms. The van der Waals surface area contributed by atoms with Crippen LogP contribution in [0.15, 0.2) is 48.5 Å². The van der Waals surface area contributed by atoms with Gasteiger partial charge in [0.25, 0.3) is 5.91 Å². The van der Waals surface area contributed by atoms with Crippen LogP contribution in [-0.2, 0) is 20.0 Å². The number of carbonyl (C=O) groups excluding carboxylic acids is 2. The first-order valence-electron chi connectivity index (χ1n) is 11.8. The fourth-order valence-corrected chi connectivity index (χ4v) is 6.94. The summed E-state index contributed by atoms with van der Waals surface area (Å²) in [5.74, 6) is -1.13. The summed E-state index contributed by atoms with van der Waals surface area (Å²) in [7, 11) is 1.25. The smallest absolute Gasteiger partial charge is 0.343 e. The van der Waals surface area contributed by atoms with E-state index in [1.807, 2.05) is 57.7 Å². The van der Waals surface area contributed by atoms with Crippen molar-refractivity contribution >= 4 is 55.5 Å². The number of rotatable bonds is 1. The van der Waals surface area contributed by atoms with Crippen molar-refractivity contribution in [3.8, 4) is 0 Å². The van der Waals surface area contributed by atoms with E-state index in [0.29, 0.717) is 32.9 Å². The van der Waals surface area contributed by atoms with Crippen LogP contribution < -0.4 is 5.32 Å².